The first-order valence-electron chi connectivity index (χ1n) is 6.94. The van der Waals surface area contributed by atoms with Crippen molar-refractivity contribution in [1.29, 1.82) is 0 Å². The molecule has 4 heteroatoms. The number of nitrogens with one attached hydrogen (secondary N) is 1. The van der Waals surface area contributed by atoms with Crippen LogP contribution in [0.25, 0.3) is 0 Å². The molecule has 0 heterocycles. The molecule has 21 heavy (non-hydrogen) atoms. The SMILES string of the molecule is Cc1cc(C)c(CNc2cc([N+](=O)[O-])ccc2C)cc1C. The maximum atomic E-state index is 10.9. The summed E-state index contributed by atoms with van der Waals surface area (Å²) in [6.07, 6.45) is 0. The van der Waals surface area contributed by atoms with Crippen molar-refractivity contribution in [3.63, 3.8) is 0 Å². The van der Waals surface area contributed by atoms with E-state index in [1.807, 2.05) is 6.92 Å². The Morgan fingerprint density at radius 2 is 1.62 bits per heavy atom. The Labute approximate surface area is 125 Å². The zero-order valence-electron chi connectivity index (χ0n) is 12.9. The summed E-state index contributed by atoms with van der Waals surface area (Å²) < 4.78 is 0. The van der Waals surface area contributed by atoms with Crippen LogP contribution < -0.4 is 5.32 Å². The first kappa shape index (κ1) is 15.0. The number of nitro groups is 1. The molecular weight excluding hydrogens is 264 g/mol. The number of benzene rings is 2. The summed E-state index contributed by atoms with van der Waals surface area (Å²) in [5.41, 5.74) is 6.90. The van der Waals surface area contributed by atoms with Gasteiger partial charge in [0.25, 0.3) is 5.69 Å². The van der Waals surface area contributed by atoms with Gasteiger partial charge < -0.3 is 5.32 Å². The molecule has 4 nitrogen and oxygen atoms in total. The molecule has 1 N–H and O–H groups in total. The number of nitrogens with zero attached hydrogens (tertiary/aromatic N) is 1. The van der Waals surface area contributed by atoms with Crippen LogP contribution in [0.5, 0.6) is 0 Å². The maximum Gasteiger partial charge on any atom is 0.271 e. The van der Waals surface area contributed by atoms with Crippen molar-refractivity contribution in [2.24, 2.45) is 0 Å². The topological polar surface area (TPSA) is 55.2 Å². The van der Waals surface area contributed by atoms with Gasteiger partial charge in [0.2, 0.25) is 0 Å². The fourth-order valence-electron chi connectivity index (χ4n) is 2.32. The summed E-state index contributed by atoms with van der Waals surface area (Å²) in [5, 5.41) is 14.2. The van der Waals surface area contributed by atoms with Crippen molar-refractivity contribution in [3.8, 4) is 0 Å². The standard InChI is InChI=1S/C17H20N2O2/c1-11-5-6-16(19(20)21)9-17(11)18-10-15-8-13(3)12(2)7-14(15)4/h5-9,18H,10H2,1-4H3. The van der Waals surface area contributed by atoms with Crippen LogP contribution in [0.4, 0.5) is 11.4 Å². The summed E-state index contributed by atoms with van der Waals surface area (Å²) >= 11 is 0. The predicted molar refractivity (Wildman–Crippen MR) is 85.8 cm³/mol. The molecule has 0 aliphatic heterocycles. The zero-order chi connectivity index (χ0) is 15.6. The van der Waals surface area contributed by atoms with Crippen LogP contribution in [0.3, 0.4) is 0 Å². The average Bonchev–Trinajstić information content (AvgIpc) is 2.42. The van der Waals surface area contributed by atoms with Crippen LogP contribution in [0.1, 0.15) is 27.8 Å². The molecule has 2 aromatic carbocycles. The van der Waals surface area contributed by atoms with E-state index in [1.165, 1.54) is 28.3 Å². The zero-order valence-corrected chi connectivity index (χ0v) is 12.9. The lowest BCUT2D eigenvalue weighted by atomic mass is 10.0. The molecular formula is C17H20N2O2. The van der Waals surface area contributed by atoms with E-state index in [0.29, 0.717) is 6.54 Å². The highest BCUT2D eigenvalue weighted by atomic mass is 16.6. The van der Waals surface area contributed by atoms with E-state index in [0.717, 1.165) is 11.3 Å². The Balaban J connectivity index is 2.22. The molecule has 0 spiro atoms. The van der Waals surface area contributed by atoms with Crippen molar-refractivity contribution < 1.29 is 4.92 Å². The Morgan fingerprint density at radius 3 is 2.29 bits per heavy atom. The van der Waals surface area contributed by atoms with E-state index in [-0.39, 0.29) is 10.6 Å². The van der Waals surface area contributed by atoms with Gasteiger partial charge in [-0.15, -0.1) is 0 Å². The number of hydrogen-bond donors (Lipinski definition) is 1. The summed E-state index contributed by atoms with van der Waals surface area (Å²) in [7, 11) is 0. The molecule has 0 atom stereocenters. The smallest absolute Gasteiger partial charge is 0.271 e. The molecule has 0 fully saturated rings. The number of non-ortho nitro benzene ring substituents is 1. The molecule has 0 saturated carbocycles. The van der Waals surface area contributed by atoms with Gasteiger partial charge in [0, 0.05) is 24.4 Å². The van der Waals surface area contributed by atoms with E-state index < -0.39 is 0 Å². The summed E-state index contributed by atoms with van der Waals surface area (Å²) in [5.74, 6) is 0. The Hall–Kier alpha value is -2.36. The van der Waals surface area contributed by atoms with Crippen LogP contribution in [-0.4, -0.2) is 4.92 Å². The first-order chi connectivity index (χ1) is 9.88. The lowest BCUT2D eigenvalue weighted by molar-refractivity contribution is -0.384. The van der Waals surface area contributed by atoms with Gasteiger partial charge in [-0.05, 0) is 55.5 Å². The van der Waals surface area contributed by atoms with Gasteiger partial charge in [-0.1, -0.05) is 18.2 Å². The van der Waals surface area contributed by atoms with E-state index in [9.17, 15) is 10.1 Å². The molecule has 0 saturated heterocycles. The van der Waals surface area contributed by atoms with Crippen LogP contribution in [0, 0.1) is 37.8 Å². The number of rotatable bonds is 4. The highest BCUT2D eigenvalue weighted by Crippen LogP contribution is 2.23. The normalized spacial score (nSPS) is 10.5. The Morgan fingerprint density at radius 1 is 0.952 bits per heavy atom. The summed E-state index contributed by atoms with van der Waals surface area (Å²) in [4.78, 5) is 10.5. The van der Waals surface area contributed by atoms with Gasteiger partial charge in [-0.2, -0.15) is 0 Å². The van der Waals surface area contributed by atoms with Gasteiger partial charge in [0.15, 0.2) is 0 Å². The molecule has 0 bridgehead atoms. The van der Waals surface area contributed by atoms with Gasteiger partial charge in [-0.25, -0.2) is 0 Å². The molecule has 0 radical (unpaired) electrons. The van der Waals surface area contributed by atoms with E-state index in [1.54, 1.807) is 12.1 Å². The van der Waals surface area contributed by atoms with Crippen molar-refractivity contribution in [2.45, 2.75) is 34.2 Å². The van der Waals surface area contributed by atoms with Gasteiger partial charge >= 0.3 is 0 Å². The van der Waals surface area contributed by atoms with Gasteiger partial charge in [0.05, 0.1) is 4.92 Å². The van der Waals surface area contributed by atoms with E-state index in [4.69, 9.17) is 0 Å². The second kappa shape index (κ2) is 5.95. The van der Waals surface area contributed by atoms with Crippen molar-refractivity contribution in [2.75, 3.05) is 5.32 Å². The van der Waals surface area contributed by atoms with Crippen LogP contribution in [0.15, 0.2) is 30.3 Å². The molecule has 0 aromatic heterocycles. The number of hydrogen-bond acceptors (Lipinski definition) is 3. The minimum absolute atomic E-state index is 0.111. The monoisotopic (exact) mass is 284 g/mol. The minimum atomic E-state index is -0.369. The van der Waals surface area contributed by atoms with Crippen molar-refractivity contribution in [3.05, 3.63) is 68.3 Å². The second-order valence-electron chi connectivity index (χ2n) is 5.47. The largest absolute Gasteiger partial charge is 0.381 e. The molecule has 2 aromatic rings. The third-order valence-electron chi connectivity index (χ3n) is 3.85. The first-order valence-corrected chi connectivity index (χ1v) is 6.94. The number of anilines is 1. The second-order valence-corrected chi connectivity index (χ2v) is 5.47. The molecule has 110 valence electrons. The third-order valence-corrected chi connectivity index (χ3v) is 3.85. The van der Waals surface area contributed by atoms with Gasteiger partial charge in [0.1, 0.15) is 0 Å². The van der Waals surface area contributed by atoms with Crippen molar-refractivity contribution in [1.82, 2.24) is 0 Å². The molecule has 2 rings (SSSR count). The molecule has 0 aliphatic rings. The fraction of sp³-hybridized carbons (Fsp3) is 0.294. The lowest BCUT2D eigenvalue weighted by Gasteiger charge is -2.13. The highest BCUT2D eigenvalue weighted by Gasteiger charge is 2.09. The summed E-state index contributed by atoms with van der Waals surface area (Å²) in [6.45, 7) is 8.89. The lowest BCUT2D eigenvalue weighted by Crippen LogP contribution is -2.04. The average molecular weight is 284 g/mol. The maximum absolute atomic E-state index is 10.9. The fourth-order valence-corrected chi connectivity index (χ4v) is 2.32. The minimum Gasteiger partial charge on any atom is -0.381 e. The quantitative estimate of drug-likeness (QED) is 0.667. The molecule has 0 unspecified atom stereocenters. The molecule has 0 aliphatic carbocycles. The van der Waals surface area contributed by atoms with Crippen LogP contribution in [0.2, 0.25) is 0 Å². The highest BCUT2D eigenvalue weighted by molar-refractivity contribution is 5.57. The van der Waals surface area contributed by atoms with E-state index >= 15 is 0 Å². The van der Waals surface area contributed by atoms with Gasteiger partial charge in [-0.3, -0.25) is 10.1 Å². The molecule has 0 amide bonds. The third kappa shape index (κ3) is 3.40. The predicted octanol–water partition coefficient (Wildman–Crippen LogP) is 4.44. The number of nitro benzene ring substituents is 1. The Bertz CT molecular complexity index is 693. The van der Waals surface area contributed by atoms with Crippen molar-refractivity contribution >= 4 is 11.4 Å². The summed E-state index contributed by atoms with van der Waals surface area (Å²) in [6, 6.07) is 9.23. The van der Waals surface area contributed by atoms with Crippen LogP contribution >= 0.6 is 0 Å². The van der Waals surface area contributed by atoms with E-state index in [2.05, 4.69) is 38.2 Å². The Kier molecular flexibility index (Phi) is 4.26. The number of aryl methyl sites for hydroxylation is 4. The van der Waals surface area contributed by atoms with Crippen LogP contribution in [-0.2, 0) is 6.54 Å².